The van der Waals surface area contributed by atoms with Crippen molar-refractivity contribution in [2.45, 2.75) is 76.9 Å². The first-order valence-electron chi connectivity index (χ1n) is 14.0. The highest BCUT2D eigenvalue weighted by Gasteiger charge is 2.49. The minimum absolute atomic E-state index is 0.0356. The van der Waals surface area contributed by atoms with Gasteiger partial charge in [0, 0.05) is 25.6 Å². The summed E-state index contributed by atoms with van der Waals surface area (Å²) in [5, 5.41) is 5.37. The predicted octanol–water partition coefficient (Wildman–Crippen LogP) is 5.82. The van der Waals surface area contributed by atoms with E-state index in [0.717, 1.165) is 61.2 Å². The lowest BCUT2D eigenvalue weighted by molar-refractivity contribution is -0.141. The number of rotatable bonds is 9. The fourth-order valence-electron chi connectivity index (χ4n) is 6.07. The summed E-state index contributed by atoms with van der Waals surface area (Å²) in [7, 11) is 0. The molecule has 5 nitrogen and oxygen atoms in total. The summed E-state index contributed by atoms with van der Waals surface area (Å²) in [6.45, 7) is 7.46. The lowest BCUT2D eigenvalue weighted by Crippen LogP contribution is -2.47. The summed E-state index contributed by atoms with van der Waals surface area (Å²) in [5.41, 5.74) is 2.18. The number of halogens is 3. The maximum atomic E-state index is 13.6. The molecule has 2 aromatic carbocycles. The molecule has 2 aromatic rings. The largest absolute Gasteiger partial charge is 0.405 e. The van der Waals surface area contributed by atoms with E-state index in [2.05, 4.69) is 36.3 Å². The Kier molecular flexibility index (Phi) is 8.74. The average Bonchev–Trinajstić information content (AvgIpc) is 3.15. The number of unbranched alkanes of at least 4 members (excludes halogenated alkanes) is 1. The number of nitrogens with zero attached hydrogens (tertiary/aromatic N) is 1. The summed E-state index contributed by atoms with van der Waals surface area (Å²) >= 11 is 0. The van der Waals surface area contributed by atoms with Gasteiger partial charge in [-0.2, -0.15) is 13.2 Å². The molecule has 2 N–H and O–H groups in total. The quantitative estimate of drug-likeness (QED) is 0.392. The van der Waals surface area contributed by atoms with Crippen LogP contribution < -0.4 is 10.6 Å². The lowest BCUT2D eigenvalue weighted by atomic mass is 9.73. The molecule has 0 unspecified atom stereocenters. The van der Waals surface area contributed by atoms with Crippen molar-refractivity contribution in [2.75, 3.05) is 26.2 Å². The zero-order chi connectivity index (χ0) is 28.3. The second kappa shape index (κ2) is 11.7. The molecule has 2 amide bonds. The standard InChI is InChI=1S/C31H40F3N3O2/c1-29(2,3)20-27(38)36-22-14-18-37(19-15-22)17-9-8-16-30(28(39)35-21-31(32,33)34)25-12-6-4-10-23(25)24-11-5-7-13-26(24)30/h4-7,10-13,22H,8-9,14-21H2,1-3H3,(H,35,39)(H,36,38). The number of amides is 2. The van der Waals surface area contributed by atoms with Crippen molar-refractivity contribution in [3.8, 4) is 11.1 Å². The van der Waals surface area contributed by atoms with E-state index in [4.69, 9.17) is 0 Å². The number of alkyl halides is 3. The Balaban J connectivity index is 1.39. The van der Waals surface area contributed by atoms with Gasteiger partial charge in [-0.1, -0.05) is 75.7 Å². The van der Waals surface area contributed by atoms with Crippen LogP contribution in [0.25, 0.3) is 11.1 Å². The van der Waals surface area contributed by atoms with Gasteiger partial charge in [0.25, 0.3) is 0 Å². The maximum absolute atomic E-state index is 13.6. The molecule has 0 radical (unpaired) electrons. The first kappa shape index (κ1) is 29.1. The molecule has 0 saturated carbocycles. The number of carbonyl (C=O) groups excluding carboxylic acids is 2. The molecule has 4 rings (SSSR count). The second-order valence-electron chi connectivity index (χ2n) is 12.2. The molecule has 1 aliphatic carbocycles. The molecular formula is C31H40F3N3O2. The molecule has 1 saturated heterocycles. The summed E-state index contributed by atoms with van der Waals surface area (Å²) < 4.78 is 39.2. The third-order valence-electron chi connectivity index (χ3n) is 7.82. The van der Waals surface area contributed by atoms with Crippen LogP contribution in [0.1, 0.15) is 70.4 Å². The zero-order valence-corrected chi connectivity index (χ0v) is 23.2. The maximum Gasteiger partial charge on any atom is 0.405 e. The summed E-state index contributed by atoms with van der Waals surface area (Å²) in [6.07, 6.45) is -0.195. The number of nitrogens with one attached hydrogen (secondary N) is 2. The van der Waals surface area contributed by atoms with Crippen LogP contribution in [0.2, 0.25) is 0 Å². The molecule has 1 aliphatic heterocycles. The smallest absolute Gasteiger partial charge is 0.353 e. The van der Waals surface area contributed by atoms with E-state index in [1.165, 1.54) is 0 Å². The minimum atomic E-state index is -4.48. The average molecular weight is 544 g/mol. The molecule has 0 atom stereocenters. The Hall–Kier alpha value is -2.87. The van der Waals surface area contributed by atoms with Crippen molar-refractivity contribution >= 4 is 11.8 Å². The highest BCUT2D eigenvalue weighted by Crippen LogP contribution is 2.51. The van der Waals surface area contributed by atoms with Crippen LogP contribution in [0.5, 0.6) is 0 Å². The van der Waals surface area contributed by atoms with Gasteiger partial charge in [0.1, 0.15) is 12.0 Å². The number of carbonyl (C=O) groups is 2. The number of likely N-dealkylation sites (tertiary alicyclic amines) is 1. The monoisotopic (exact) mass is 543 g/mol. The molecule has 39 heavy (non-hydrogen) atoms. The van der Waals surface area contributed by atoms with E-state index in [1.54, 1.807) is 0 Å². The van der Waals surface area contributed by atoms with E-state index < -0.39 is 24.0 Å². The van der Waals surface area contributed by atoms with Gasteiger partial charge in [0.15, 0.2) is 0 Å². The van der Waals surface area contributed by atoms with Gasteiger partial charge >= 0.3 is 6.18 Å². The third kappa shape index (κ3) is 7.02. The van der Waals surface area contributed by atoms with Crippen molar-refractivity contribution in [1.82, 2.24) is 15.5 Å². The van der Waals surface area contributed by atoms with E-state index in [9.17, 15) is 22.8 Å². The summed E-state index contributed by atoms with van der Waals surface area (Å²) in [4.78, 5) is 28.3. The van der Waals surface area contributed by atoms with Crippen LogP contribution in [-0.4, -0.2) is 55.1 Å². The second-order valence-corrected chi connectivity index (χ2v) is 12.2. The zero-order valence-electron chi connectivity index (χ0n) is 23.2. The summed E-state index contributed by atoms with van der Waals surface area (Å²) in [5.74, 6) is -0.490. The van der Waals surface area contributed by atoms with Gasteiger partial charge in [-0.15, -0.1) is 0 Å². The van der Waals surface area contributed by atoms with E-state index in [-0.39, 0.29) is 17.4 Å². The van der Waals surface area contributed by atoms with E-state index in [1.807, 2.05) is 48.5 Å². The topological polar surface area (TPSA) is 61.4 Å². The minimum Gasteiger partial charge on any atom is -0.353 e. The highest BCUT2D eigenvalue weighted by molar-refractivity contribution is 6.00. The molecular weight excluding hydrogens is 503 g/mol. The molecule has 1 heterocycles. The third-order valence-corrected chi connectivity index (χ3v) is 7.82. The molecule has 8 heteroatoms. The van der Waals surface area contributed by atoms with Crippen molar-refractivity contribution in [2.24, 2.45) is 5.41 Å². The van der Waals surface area contributed by atoms with E-state index in [0.29, 0.717) is 19.3 Å². The fraction of sp³-hybridized carbons (Fsp3) is 0.548. The van der Waals surface area contributed by atoms with Gasteiger partial charge in [-0.3, -0.25) is 9.59 Å². The molecule has 212 valence electrons. The Morgan fingerprint density at radius 2 is 1.49 bits per heavy atom. The Bertz CT molecular complexity index is 1120. The first-order valence-corrected chi connectivity index (χ1v) is 14.0. The molecule has 0 spiro atoms. The van der Waals surface area contributed by atoms with Crippen molar-refractivity contribution in [1.29, 1.82) is 0 Å². The van der Waals surface area contributed by atoms with Crippen LogP contribution >= 0.6 is 0 Å². The molecule has 2 aliphatic rings. The van der Waals surface area contributed by atoms with Gasteiger partial charge in [0.2, 0.25) is 11.8 Å². The SMILES string of the molecule is CC(C)(C)CC(=O)NC1CCN(CCCCC2(C(=O)NCC(F)(F)F)c3ccccc3-c3ccccc32)CC1. The van der Waals surface area contributed by atoms with Crippen LogP contribution in [0, 0.1) is 5.41 Å². The first-order chi connectivity index (χ1) is 18.4. The van der Waals surface area contributed by atoms with Crippen LogP contribution in [0.4, 0.5) is 13.2 Å². The van der Waals surface area contributed by atoms with Crippen molar-refractivity contribution in [3.63, 3.8) is 0 Å². The Labute approximate surface area is 229 Å². The van der Waals surface area contributed by atoms with Crippen molar-refractivity contribution < 1.29 is 22.8 Å². The van der Waals surface area contributed by atoms with E-state index >= 15 is 0 Å². The number of piperidine rings is 1. The molecule has 1 fully saturated rings. The Morgan fingerprint density at radius 1 is 0.923 bits per heavy atom. The van der Waals surface area contributed by atoms with Crippen molar-refractivity contribution in [3.05, 3.63) is 59.7 Å². The number of hydrogen-bond acceptors (Lipinski definition) is 3. The molecule has 0 aromatic heterocycles. The normalized spacial score (nSPS) is 17.4. The Morgan fingerprint density at radius 3 is 2.03 bits per heavy atom. The number of hydrogen-bond donors (Lipinski definition) is 2. The van der Waals surface area contributed by atoms with Gasteiger partial charge in [-0.25, -0.2) is 0 Å². The van der Waals surface area contributed by atoms with Crippen LogP contribution in [0.15, 0.2) is 48.5 Å². The van der Waals surface area contributed by atoms with Crippen LogP contribution in [-0.2, 0) is 15.0 Å². The van der Waals surface area contributed by atoms with Crippen LogP contribution in [0.3, 0.4) is 0 Å². The highest BCUT2D eigenvalue weighted by atomic mass is 19.4. The van der Waals surface area contributed by atoms with Gasteiger partial charge in [-0.05, 0) is 59.9 Å². The molecule has 0 bridgehead atoms. The number of fused-ring (bicyclic) bond motifs is 3. The predicted molar refractivity (Wildman–Crippen MR) is 147 cm³/mol. The lowest BCUT2D eigenvalue weighted by Gasteiger charge is -2.34. The fourth-order valence-corrected chi connectivity index (χ4v) is 6.07. The summed E-state index contributed by atoms with van der Waals surface area (Å²) in [6, 6.07) is 15.3. The van der Waals surface area contributed by atoms with Gasteiger partial charge < -0.3 is 15.5 Å². The van der Waals surface area contributed by atoms with Gasteiger partial charge in [0.05, 0.1) is 0 Å². The number of benzene rings is 2.